The summed E-state index contributed by atoms with van der Waals surface area (Å²) in [4.78, 5) is 16.5. The van der Waals surface area contributed by atoms with Crippen molar-refractivity contribution in [2.45, 2.75) is 0 Å². The molecule has 5 nitrogen and oxygen atoms in total. The first-order chi connectivity index (χ1) is 42.6. The lowest BCUT2D eigenvalue weighted by molar-refractivity contribution is 1.06. The van der Waals surface area contributed by atoms with Crippen molar-refractivity contribution in [3.8, 4) is 112 Å². The van der Waals surface area contributed by atoms with Gasteiger partial charge in [0.25, 0.3) is 0 Å². The fourth-order valence-corrected chi connectivity index (χ4v) is 12.7. The second kappa shape index (κ2) is 21.3. The van der Waals surface area contributed by atoms with Crippen LogP contribution < -0.4 is 0 Å². The van der Waals surface area contributed by atoms with Gasteiger partial charge in [0.15, 0.2) is 17.5 Å². The summed E-state index contributed by atoms with van der Waals surface area (Å²) < 4.78 is 4.81. The van der Waals surface area contributed by atoms with Crippen molar-refractivity contribution in [2.24, 2.45) is 0 Å². The van der Waals surface area contributed by atoms with Crippen LogP contribution in [-0.2, 0) is 0 Å². The van der Waals surface area contributed by atoms with E-state index < -0.39 is 0 Å². The highest BCUT2D eigenvalue weighted by Crippen LogP contribution is 2.42. The molecule has 13 aromatic carbocycles. The van der Waals surface area contributed by atoms with Crippen LogP contribution in [0.1, 0.15) is 0 Å². The van der Waals surface area contributed by atoms with Gasteiger partial charge in [0, 0.05) is 43.8 Å². The van der Waals surface area contributed by atoms with Crippen LogP contribution in [0.5, 0.6) is 0 Å². The Hall–Kier alpha value is -11.5. The van der Waals surface area contributed by atoms with Crippen molar-refractivity contribution in [2.75, 3.05) is 0 Å². The van der Waals surface area contributed by atoms with E-state index in [4.69, 9.17) is 15.0 Å². The quantitative estimate of drug-likeness (QED) is 0.130. The Morgan fingerprint density at radius 3 is 0.895 bits per heavy atom. The monoisotopic (exact) mass is 1100 g/mol. The summed E-state index contributed by atoms with van der Waals surface area (Å²) in [6.07, 6.45) is 0. The van der Waals surface area contributed by atoms with Crippen molar-refractivity contribution >= 4 is 43.6 Å². The van der Waals surface area contributed by atoms with Crippen molar-refractivity contribution in [3.05, 3.63) is 322 Å². The van der Waals surface area contributed by atoms with E-state index in [-0.39, 0.29) is 0 Å². The van der Waals surface area contributed by atoms with E-state index in [1.165, 1.54) is 43.8 Å². The first kappa shape index (κ1) is 50.2. The molecule has 0 N–H and O–H groups in total. The molecule has 0 radical (unpaired) electrons. The Bertz CT molecular complexity index is 5130. The minimum atomic E-state index is 0.566. The van der Waals surface area contributed by atoms with E-state index in [0.717, 1.165) is 94.6 Å². The van der Waals surface area contributed by atoms with Crippen LogP contribution in [0.2, 0.25) is 0 Å². The SMILES string of the molecule is c1ccc(-c2cccc(-c3cccc(-c4ccc(-c5nc(-c6ccccc6)nc(-c6ccc(-c7cccc(-c8cccc(-c9ccccc9)c8)c7)c(-n7c8ccccc8c8ccccc87)c6)n5)c(-n5c6ccccc6c6ccccc65)c4)c3)c2)cc1. The number of rotatable bonds is 11. The van der Waals surface area contributed by atoms with Crippen LogP contribution in [0.25, 0.3) is 156 Å². The van der Waals surface area contributed by atoms with Crippen LogP contribution >= 0.6 is 0 Å². The summed E-state index contributed by atoms with van der Waals surface area (Å²) in [7, 11) is 0. The van der Waals surface area contributed by atoms with Gasteiger partial charge in [-0.2, -0.15) is 0 Å². The lowest BCUT2D eigenvalue weighted by atomic mass is 9.95. The molecule has 0 fully saturated rings. The largest absolute Gasteiger partial charge is 0.309 e. The van der Waals surface area contributed by atoms with Gasteiger partial charge in [-0.3, -0.25) is 0 Å². The van der Waals surface area contributed by atoms with E-state index in [1.54, 1.807) is 0 Å². The number of fused-ring (bicyclic) bond motifs is 6. The van der Waals surface area contributed by atoms with Gasteiger partial charge in [-0.25, -0.2) is 15.0 Å². The Balaban J connectivity index is 0.899. The molecule has 16 rings (SSSR count). The Labute approximate surface area is 498 Å². The molecule has 0 saturated heterocycles. The highest BCUT2D eigenvalue weighted by atomic mass is 15.1. The van der Waals surface area contributed by atoms with Gasteiger partial charge in [0.2, 0.25) is 0 Å². The van der Waals surface area contributed by atoms with Crippen molar-refractivity contribution in [1.29, 1.82) is 0 Å². The molecule has 0 aliphatic rings. The van der Waals surface area contributed by atoms with Crippen LogP contribution in [0.15, 0.2) is 322 Å². The summed E-state index contributed by atoms with van der Waals surface area (Å²) in [6, 6.07) is 115. The second-order valence-electron chi connectivity index (χ2n) is 21.9. The lowest BCUT2D eigenvalue weighted by Gasteiger charge is -2.18. The highest BCUT2D eigenvalue weighted by molar-refractivity contribution is 6.11. The molecule has 402 valence electrons. The third-order valence-corrected chi connectivity index (χ3v) is 16.8. The van der Waals surface area contributed by atoms with Crippen molar-refractivity contribution in [1.82, 2.24) is 24.1 Å². The highest BCUT2D eigenvalue weighted by Gasteiger charge is 2.23. The average molecular weight is 1100 g/mol. The molecule has 0 spiro atoms. The Morgan fingerprint density at radius 1 is 0.174 bits per heavy atom. The number of para-hydroxylation sites is 4. The second-order valence-corrected chi connectivity index (χ2v) is 21.9. The molecule has 86 heavy (non-hydrogen) atoms. The van der Waals surface area contributed by atoms with Gasteiger partial charge in [-0.05, 0) is 128 Å². The van der Waals surface area contributed by atoms with Gasteiger partial charge in [0.1, 0.15) is 0 Å². The molecule has 3 heterocycles. The molecule has 0 bridgehead atoms. The zero-order chi connectivity index (χ0) is 56.9. The smallest absolute Gasteiger partial charge is 0.166 e. The molecule has 16 aromatic rings. The molecule has 5 heteroatoms. The Kier molecular flexibility index (Phi) is 12.5. The van der Waals surface area contributed by atoms with Gasteiger partial charge in [-0.15, -0.1) is 0 Å². The third-order valence-electron chi connectivity index (χ3n) is 16.8. The molecule has 0 saturated carbocycles. The molecule has 0 atom stereocenters. The summed E-state index contributed by atoms with van der Waals surface area (Å²) in [5.74, 6) is 1.72. The zero-order valence-electron chi connectivity index (χ0n) is 46.8. The topological polar surface area (TPSA) is 48.5 Å². The summed E-state index contributed by atoms with van der Waals surface area (Å²) >= 11 is 0. The fraction of sp³-hybridized carbons (Fsp3) is 0. The predicted octanol–water partition coefficient (Wildman–Crippen LogP) is 21.1. The number of benzene rings is 13. The zero-order valence-corrected chi connectivity index (χ0v) is 46.8. The van der Waals surface area contributed by atoms with Crippen LogP contribution in [0, 0.1) is 0 Å². The molecular formula is C81H53N5. The number of nitrogens with zero attached hydrogens (tertiary/aromatic N) is 5. The number of aromatic nitrogens is 5. The van der Waals surface area contributed by atoms with E-state index >= 15 is 0 Å². The van der Waals surface area contributed by atoms with E-state index in [2.05, 4.69) is 312 Å². The minimum Gasteiger partial charge on any atom is -0.309 e. The predicted molar refractivity (Wildman–Crippen MR) is 357 cm³/mol. The summed E-state index contributed by atoms with van der Waals surface area (Å²) in [5, 5.41) is 4.71. The lowest BCUT2D eigenvalue weighted by Crippen LogP contribution is -2.05. The van der Waals surface area contributed by atoms with E-state index in [0.29, 0.717) is 17.5 Å². The summed E-state index contributed by atoms with van der Waals surface area (Å²) in [5.41, 5.74) is 22.7. The van der Waals surface area contributed by atoms with Crippen molar-refractivity contribution in [3.63, 3.8) is 0 Å². The number of hydrogen-bond acceptors (Lipinski definition) is 3. The fourth-order valence-electron chi connectivity index (χ4n) is 12.7. The van der Waals surface area contributed by atoms with Crippen molar-refractivity contribution < 1.29 is 0 Å². The molecule has 0 aliphatic heterocycles. The molecule has 0 aliphatic carbocycles. The maximum atomic E-state index is 5.61. The maximum absolute atomic E-state index is 5.61. The van der Waals surface area contributed by atoms with Crippen LogP contribution in [-0.4, -0.2) is 24.1 Å². The number of hydrogen-bond donors (Lipinski definition) is 0. The summed E-state index contributed by atoms with van der Waals surface area (Å²) in [6.45, 7) is 0. The molecule has 3 aromatic heterocycles. The van der Waals surface area contributed by atoms with Crippen LogP contribution in [0.4, 0.5) is 0 Å². The van der Waals surface area contributed by atoms with Gasteiger partial charge in [0.05, 0.1) is 33.4 Å². The van der Waals surface area contributed by atoms with Gasteiger partial charge in [-0.1, -0.05) is 255 Å². The van der Waals surface area contributed by atoms with Crippen LogP contribution in [0.3, 0.4) is 0 Å². The van der Waals surface area contributed by atoms with E-state index in [1.807, 2.05) is 18.2 Å². The first-order valence-corrected chi connectivity index (χ1v) is 29.2. The van der Waals surface area contributed by atoms with Gasteiger partial charge >= 0.3 is 0 Å². The normalized spacial score (nSPS) is 11.5. The molecular weight excluding hydrogens is 1040 g/mol. The minimum absolute atomic E-state index is 0.566. The Morgan fingerprint density at radius 2 is 0.453 bits per heavy atom. The average Bonchev–Trinajstić information content (AvgIpc) is 1.90. The molecule has 0 unspecified atom stereocenters. The maximum Gasteiger partial charge on any atom is 0.166 e. The third kappa shape index (κ3) is 9.03. The molecule has 0 amide bonds. The first-order valence-electron chi connectivity index (χ1n) is 29.2. The van der Waals surface area contributed by atoms with Gasteiger partial charge < -0.3 is 9.13 Å². The standard InChI is InChI=1S/C81H53N5/c1-4-22-54(23-5-1)57-28-18-30-59(48-57)61-32-20-33-62(50-61)64-44-47-72(78(52-64)86-75-42-16-12-38-70(75)71-39-13-17-43-76(71)86)81-83-79(56-26-8-3-9-27-56)82-80(84-81)66-45-46-67(77(53-66)85-73-40-14-10-36-68(73)69-37-11-15-41-74(69)85)65-35-21-34-63(51-65)60-31-19-29-58(49-60)55-24-6-2-7-25-55/h1-53H. The van der Waals surface area contributed by atoms with E-state index in [9.17, 15) is 0 Å².